The third-order valence-electron chi connectivity index (χ3n) is 7.15. The zero-order valence-corrected chi connectivity index (χ0v) is 22.3. The summed E-state index contributed by atoms with van der Waals surface area (Å²) in [6.07, 6.45) is 2.42. The Morgan fingerprint density at radius 3 is 2.49 bits per heavy atom. The Bertz CT molecular complexity index is 1410. The Kier molecular flexibility index (Phi) is 6.65. The molecule has 1 aromatic carbocycles. The molecule has 2 aromatic heterocycles. The zero-order chi connectivity index (χ0) is 26.5. The normalized spacial score (nSPS) is 21.9. The first-order valence-electron chi connectivity index (χ1n) is 12.2. The summed E-state index contributed by atoms with van der Waals surface area (Å²) in [5, 5.41) is 4.32. The van der Waals surface area contributed by atoms with E-state index in [0.29, 0.717) is 37.7 Å². The maximum absolute atomic E-state index is 14.6. The number of anilines is 1. The highest BCUT2D eigenvalue weighted by atomic mass is 32.2. The molecule has 2 aliphatic heterocycles. The van der Waals surface area contributed by atoms with Crippen molar-refractivity contribution in [2.75, 3.05) is 37.5 Å². The monoisotopic (exact) mass is 532 g/mol. The maximum atomic E-state index is 14.6. The highest BCUT2D eigenvalue weighted by molar-refractivity contribution is 7.90. The molecule has 37 heavy (non-hydrogen) atoms. The fourth-order valence-corrected chi connectivity index (χ4v) is 6.00. The van der Waals surface area contributed by atoms with Gasteiger partial charge in [0.2, 0.25) is 5.88 Å². The molecule has 0 saturated carbocycles. The van der Waals surface area contributed by atoms with E-state index < -0.39 is 15.7 Å². The number of piperidine rings is 1. The lowest BCUT2D eigenvalue weighted by Gasteiger charge is -2.45. The summed E-state index contributed by atoms with van der Waals surface area (Å²) in [5.41, 5.74) is 0.666. The first-order chi connectivity index (χ1) is 17.5. The van der Waals surface area contributed by atoms with Gasteiger partial charge in [-0.2, -0.15) is 4.57 Å². The fourth-order valence-electron chi connectivity index (χ4n) is 5.36. The molecule has 2 atom stereocenters. The Hall–Kier alpha value is -3.12. The van der Waals surface area contributed by atoms with Crippen LogP contribution in [0.2, 0.25) is 0 Å². The van der Waals surface area contributed by atoms with Gasteiger partial charge in [0.25, 0.3) is 0 Å². The summed E-state index contributed by atoms with van der Waals surface area (Å²) in [7, 11) is -1.53. The van der Waals surface area contributed by atoms with Gasteiger partial charge in [-0.3, -0.25) is 0 Å². The third-order valence-corrected chi connectivity index (χ3v) is 8.26. The van der Waals surface area contributed by atoms with Crippen molar-refractivity contribution in [1.82, 2.24) is 15.1 Å². The van der Waals surface area contributed by atoms with Crippen molar-refractivity contribution >= 4 is 15.7 Å². The van der Waals surface area contributed by atoms with Crippen molar-refractivity contribution in [2.45, 2.75) is 37.5 Å². The molecule has 10 nitrogen and oxygen atoms in total. The molecule has 5 rings (SSSR count). The largest absolute Gasteiger partial charge is 0.435 e. The van der Waals surface area contributed by atoms with Crippen molar-refractivity contribution < 1.29 is 31.4 Å². The predicted molar refractivity (Wildman–Crippen MR) is 131 cm³/mol. The lowest BCUT2D eigenvalue weighted by molar-refractivity contribution is -0.694. The first kappa shape index (κ1) is 25.5. The van der Waals surface area contributed by atoms with E-state index in [2.05, 4.69) is 38.4 Å². The number of ether oxygens (including phenoxy) is 2. The molecule has 0 aliphatic carbocycles. The molecule has 2 unspecified atom stereocenters. The average Bonchev–Trinajstić information content (AvgIpc) is 3.21. The lowest BCUT2D eigenvalue weighted by atomic mass is 9.76. The molecule has 0 spiro atoms. The van der Waals surface area contributed by atoms with Crippen LogP contribution in [-0.4, -0.2) is 56.1 Å². The summed E-state index contributed by atoms with van der Waals surface area (Å²) in [4.78, 5) is 10.8. The van der Waals surface area contributed by atoms with Gasteiger partial charge >= 0.3 is 11.7 Å². The lowest BCUT2D eigenvalue weighted by Crippen LogP contribution is -2.54. The van der Waals surface area contributed by atoms with Crippen LogP contribution in [0.3, 0.4) is 0 Å². The number of fused-ring (bicyclic) bond motifs is 2. The Morgan fingerprint density at radius 2 is 1.89 bits per heavy atom. The molecule has 2 fully saturated rings. The first-order valence-corrected chi connectivity index (χ1v) is 14.1. The van der Waals surface area contributed by atoms with Crippen LogP contribution in [-0.2, 0) is 21.6 Å². The molecule has 2 bridgehead atoms. The van der Waals surface area contributed by atoms with Crippen LogP contribution in [0.1, 0.15) is 43.0 Å². The van der Waals surface area contributed by atoms with E-state index in [1.54, 1.807) is 0 Å². The van der Waals surface area contributed by atoms with Crippen LogP contribution in [0.4, 0.5) is 10.2 Å². The molecule has 12 heteroatoms. The van der Waals surface area contributed by atoms with Crippen LogP contribution in [0.25, 0.3) is 0 Å². The number of benzene rings is 1. The van der Waals surface area contributed by atoms with Gasteiger partial charge in [-0.25, -0.2) is 27.3 Å². The number of nitrogens with zero attached hydrogens (tertiary/aromatic N) is 5. The number of halogens is 1. The molecule has 0 radical (unpaired) electrons. The second-order valence-corrected chi connectivity index (χ2v) is 12.2. The Balaban J connectivity index is 1.40. The molecule has 0 amide bonds. The Labute approximate surface area is 215 Å². The van der Waals surface area contributed by atoms with Gasteiger partial charge in [0.05, 0.1) is 42.6 Å². The van der Waals surface area contributed by atoms with Gasteiger partial charge in [0, 0.05) is 31.2 Å². The van der Waals surface area contributed by atoms with E-state index in [9.17, 15) is 12.8 Å². The van der Waals surface area contributed by atoms with E-state index >= 15 is 0 Å². The number of rotatable bonds is 6. The summed E-state index contributed by atoms with van der Waals surface area (Å²) in [6, 6.07) is 3.55. The van der Waals surface area contributed by atoms with E-state index in [1.807, 2.05) is 14.0 Å². The topological polar surface area (TPSA) is 112 Å². The summed E-state index contributed by atoms with van der Waals surface area (Å²) < 4.78 is 57.7. The van der Waals surface area contributed by atoms with Gasteiger partial charge in [-0.15, -0.1) is 0 Å². The quantitative estimate of drug-likeness (QED) is 0.442. The van der Waals surface area contributed by atoms with Gasteiger partial charge in [0.15, 0.2) is 26.6 Å². The van der Waals surface area contributed by atoms with Crippen molar-refractivity contribution in [3.05, 3.63) is 47.6 Å². The number of hydrogen-bond acceptors (Lipinski definition) is 9. The number of hydrogen-bond donors (Lipinski definition) is 0. The minimum Gasteiger partial charge on any atom is -0.435 e. The van der Waals surface area contributed by atoms with Gasteiger partial charge < -0.3 is 14.4 Å². The fraction of sp³-hybridized carbons (Fsp3) is 0.520. The van der Waals surface area contributed by atoms with Gasteiger partial charge in [-0.05, 0) is 25.1 Å². The number of sulfone groups is 1. The summed E-state index contributed by atoms with van der Waals surface area (Å²) in [5.74, 6) is 2.60. The summed E-state index contributed by atoms with van der Waals surface area (Å²) in [6.45, 7) is 8.59. The van der Waals surface area contributed by atoms with Crippen LogP contribution < -0.4 is 14.2 Å². The Morgan fingerprint density at radius 1 is 1.19 bits per heavy atom. The standard InChI is InChI=1S/C25H31FN5O5S/c1-14(2)22-29-36-25(30(22)4)21-16-9-31(10-17(21)12-34-11-16)23-15(3)24(28-13-27-23)35-20-7-6-18(8-19(20)26)37(5,32)33/h6-8,13-14,16-17,21H,9-12H2,1-5H3/q+1. The highest BCUT2D eigenvalue weighted by Crippen LogP contribution is 2.42. The summed E-state index contributed by atoms with van der Waals surface area (Å²) >= 11 is 0. The molecule has 2 saturated heterocycles. The van der Waals surface area contributed by atoms with Gasteiger partial charge in [-0.1, -0.05) is 13.8 Å². The zero-order valence-electron chi connectivity index (χ0n) is 21.5. The van der Waals surface area contributed by atoms with Crippen molar-refractivity contribution in [3.63, 3.8) is 0 Å². The highest BCUT2D eigenvalue weighted by Gasteiger charge is 2.47. The molecular weight excluding hydrogens is 501 g/mol. The predicted octanol–water partition coefficient (Wildman–Crippen LogP) is 2.92. The molecule has 0 N–H and O–H groups in total. The van der Waals surface area contributed by atoms with E-state index in [0.717, 1.165) is 24.0 Å². The second kappa shape index (κ2) is 9.64. The van der Waals surface area contributed by atoms with E-state index in [1.165, 1.54) is 18.5 Å². The average molecular weight is 533 g/mol. The smallest absolute Gasteiger partial charge is 0.351 e. The number of aromatic nitrogens is 4. The molecule has 198 valence electrons. The van der Waals surface area contributed by atoms with E-state index in [-0.39, 0.29) is 40.2 Å². The minimum absolute atomic E-state index is 0.108. The maximum Gasteiger partial charge on any atom is 0.351 e. The molecular formula is C25H31FN5O5S+. The SMILES string of the molecule is Cc1c(Oc2ccc(S(C)(=O)=O)cc2F)ncnc1N1CC2COCC(C1)C2c1onc(C(C)C)[n+]1C. The van der Waals surface area contributed by atoms with Crippen LogP contribution >= 0.6 is 0 Å². The van der Waals surface area contributed by atoms with Crippen molar-refractivity contribution in [3.8, 4) is 11.6 Å². The van der Waals surface area contributed by atoms with Crippen LogP contribution in [0, 0.1) is 24.6 Å². The van der Waals surface area contributed by atoms with Gasteiger partial charge in [0.1, 0.15) is 12.1 Å². The molecule has 3 aromatic rings. The van der Waals surface area contributed by atoms with Crippen LogP contribution in [0.5, 0.6) is 11.6 Å². The third kappa shape index (κ3) is 4.79. The van der Waals surface area contributed by atoms with Crippen LogP contribution in [0.15, 0.2) is 33.9 Å². The second-order valence-electron chi connectivity index (χ2n) is 10.2. The van der Waals surface area contributed by atoms with Crippen molar-refractivity contribution in [2.24, 2.45) is 18.9 Å². The molecule has 2 aliphatic rings. The van der Waals surface area contributed by atoms with E-state index in [4.69, 9.17) is 14.0 Å². The molecule has 4 heterocycles. The minimum atomic E-state index is -3.53. The van der Waals surface area contributed by atoms with Crippen molar-refractivity contribution in [1.29, 1.82) is 0 Å².